The zero-order valence-electron chi connectivity index (χ0n) is 15.6. The standard InChI is InChI=1S/C21H22FN3O3/c1-14-5-7-17(8-6-14)24-19(26)12-23-20(27)13-25(18-9-10-18)21(28)15-3-2-4-16(22)11-15/h2-8,11,18H,9-10,12-13H2,1H3,(H,23,27)(H,24,26). The summed E-state index contributed by atoms with van der Waals surface area (Å²) < 4.78 is 13.4. The Kier molecular flexibility index (Phi) is 6.03. The molecule has 7 heteroatoms. The molecule has 0 aliphatic heterocycles. The number of benzene rings is 2. The van der Waals surface area contributed by atoms with Gasteiger partial charge in [0.1, 0.15) is 12.4 Å². The van der Waals surface area contributed by atoms with Gasteiger partial charge in [0.05, 0.1) is 6.54 Å². The van der Waals surface area contributed by atoms with E-state index in [1.807, 2.05) is 19.1 Å². The van der Waals surface area contributed by atoms with Gasteiger partial charge in [0.25, 0.3) is 5.91 Å². The molecule has 0 radical (unpaired) electrons. The predicted molar refractivity (Wildman–Crippen MR) is 103 cm³/mol. The van der Waals surface area contributed by atoms with Crippen LogP contribution in [0.1, 0.15) is 28.8 Å². The number of nitrogens with zero attached hydrogens (tertiary/aromatic N) is 1. The van der Waals surface area contributed by atoms with Crippen molar-refractivity contribution in [1.29, 1.82) is 0 Å². The highest BCUT2D eigenvalue weighted by atomic mass is 19.1. The Morgan fingerprint density at radius 3 is 2.43 bits per heavy atom. The maximum absolute atomic E-state index is 13.4. The van der Waals surface area contributed by atoms with Gasteiger partial charge in [-0.15, -0.1) is 0 Å². The summed E-state index contributed by atoms with van der Waals surface area (Å²) in [4.78, 5) is 38.3. The van der Waals surface area contributed by atoms with Crippen molar-refractivity contribution in [1.82, 2.24) is 10.2 Å². The largest absolute Gasteiger partial charge is 0.345 e. The van der Waals surface area contributed by atoms with E-state index in [0.29, 0.717) is 5.69 Å². The monoisotopic (exact) mass is 383 g/mol. The van der Waals surface area contributed by atoms with Crippen molar-refractivity contribution in [2.45, 2.75) is 25.8 Å². The lowest BCUT2D eigenvalue weighted by Gasteiger charge is -2.22. The maximum Gasteiger partial charge on any atom is 0.254 e. The van der Waals surface area contributed by atoms with Crippen molar-refractivity contribution in [2.24, 2.45) is 0 Å². The smallest absolute Gasteiger partial charge is 0.254 e. The number of hydrogen-bond acceptors (Lipinski definition) is 3. The van der Waals surface area contributed by atoms with E-state index in [9.17, 15) is 18.8 Å². The molecule has 1 aliphatic rings. The summed E-state index contributed by atoms with van der Waals surface area (Å²) in [5.41, 5.74) is 1.93. The topological polar surface area (TPSA) is 78.5 Å². The molecule has 1 aliphatic carbocycles. The van der Waals surface area contributed by atoms with E-state index in [0.717, 1.165) is 24.5 Å². The van der Waals surface area contributed by atoms with E-state index in [4.69, 9.17) is 0 Å². The number of hydrogen-bond donors (Lipinski definition) is 2. The van der Waals surface area contributed by atoms with E-state index in [-0.39, 0.29) is 36.5 Å². The highest BCUT2D eigenvalue weighted by molar-refractivity contribution is 5.98. The van der Waals surface area contributed by atoms with E-state index < -0.39 is 11.7 Å². The molecule has 3 amide bonds. The summed E-state index contributed by atoms with van der Waals surface area (Å²) in [5.74, 6) is -1.68. The van der Waals surface area contributed by atoms with Gasteiger partial charge in [-0.25, -0.2) is 4.39 Å². The number of carbonyl (C=O) groups excluding carboxylic acids is 3. The Bertz CT molecular complexity index is 879. The van der Waals surface area contributed by atoms with Crippen LogP contribution < -0.4 is 10.6 Å². The molecule has 2 aromatic rings. The van der Waals surface area contributed by atoms with Gasteiger partial charge in [0.15, 0.2) is 0 Å². The molecule has 6 nitrogen and oxygen atoms in total. The molecule has 0 unspecified atom stereocenters. The molecule has 146 valence electrons. The number of nitrogens with one attached hydrogen (secondary N) is 2. The second kappa shape index (κ2) is 8.65. The summed E-state index contributed by atoms with van der Waals surface area (Å²) in [5, 5.41) is 5.22. The molecule has 0 atom stereocenters. The quantitative estimate of drug-likeness (QED) is 0.771. The molecule has 2 aromatic carbocycles. The average molecular weight is 383 g/mol. The van der Waals surface area contributed by atoms with Gasteiger partial charge in [-0.1, -0.05) is 23.8 Å². The van der Waals surface area contributed by atoms with E-state index >= 15 is 0 Å². The second-order valence-corrected chi connectivity index (χ2v) is 6.87. The summed E-state index contributed by atoms with van der Waals surface area (Å²) in [7, 11) is 0. The fraction of sp³-hybridized carbons (Fsp3) is 0.286. The first kappa shape index (κ1) is 19.5. The molecule has 0 bridgehead atoms. The maximum atomic E-state index is 13.4. The Morgan fingerprint density at radius 2 is 1.79 bits per heavy atom. The molecule has 0 aromatic heterocycles. The van der Waals surface area contributed by atoms with Crippen LogP contribution in [0.25, 0.3) is 0 Å². The highest BCUT2D eigenvalue weighted by Gasteiger charge is 2.34. The van der Waals surface area contributed by atoms with Crippen LogP contribution in [0.5, 0.6) is 0 Å². The third-order valence-corrected chi connectivity index (χ3v) is 4.42. The van der Waals surface area contributed by atoms with Gasteiger partial charge in [-0.2, -0.15) is 0 Å². The Labute approximate surface area is 162 Å². The predicted octanol–water partition coefficient (Wildman–Crippen LogP) is 2.49. The van der Waals surface area contributed by atoms with Crippen molar-refractivity contribution >= 4 is 23.4 Å². The van der Waals surface area contributed by atoms with Crippen LogP contribution >= 0.6 is 0 Å². The Morgan fingerprint density at radius 1 is 1.07 bits per heavy atom. The van der Waals surface area contributed by atoms with Gasteiger partial charge >= 0.3 is 0 Å². The minimum absolute atomic E-state index is 0.0251. The fourth-order valence-corrected chi connectivity index (χ4v) is 2.77. The Balaban J connectivity index is 1.52. The first-order chi connectivity index (χ1) is 13.4. The molecule has 1 fully saturated rings. The van der Waals surface area contributed by atoms with Gasteiger partial charge in [0.2, 0.25) is 11.8 Å². The van der Waals surface area contributed by atoms with Gasteiger partial charge in [0, 0.05) is 17.3 Å². The normalized spacial score (nSPS) is 12.9. The number of anilines is 1. The lowest BCUT2D eigenvalue weighted by molar-refractivity contribution is -0.124. The zero-order chi connectivity index (χ0) is 20.1. The second-order valence-electron chi connectivity index (χ2n) is 6.87. The first-order valence-corrected chi connectivity index (χ1v) is 9.12. The van der Waals surface area contributed by atoms with Crippen molar-refractivity contribution in [3.05, 3.63) is 65.5 Å². The van der Waals surface area contributed by atoms with Gasteiger partial charge in [-0.05, 0) is 50.1 Å². The van der Waals surface area contributed by atoms with Crippen LogP contribution in [-0.2, 0) is 9.59 Å². The third-order valence-electron chi connectivity index (χ3n) is 4.42. The van der Waals surface area contributed by atoms with Gasteiger partial charge < -0.3 is 15.5 Å². The summed E-state index contributed by atoms with van der Waals surface area (Å²) in [6.07, 6.45) is 1.62. The van der Waals surface area contributed by atoms with Crippen molar-refractivity contribution in [2.75, 3.05) is 18.4 Å². The first-order valence-electron chi connectivity index (χ1n) is 9.12. The van der Waals surface area contributed by atoms with Crippen LogP contribution in [0.3, 0.4) is 0 Å². The lowest BCUT2D eigenvalue weighted by atomic mass is 10.2. The number of halogens is 1. The molecule has 2 N–H and O–H groups in total. The van der Waals surface area contributed by atoms with Crippen LogP contribution in [0.4, 0.5) is 10.1 Å². The number of aryl methyl sites for hydroxylation is 1. The summed E-state index contributed by atoms with van der Waals surface area (Å²) in [6, 6.07) is 12.7. The van der Waals surface area contributed by atoms with Gasteiger partial charge in [-0.3, -0.25) is 14.4 Å². The van der Waals surface area contributed by atoms with Crippen molar-refractivity contribution in [3.8, 4) is 0 Å². The molecule has 0 heterocycles. The van der Waals surface area contributed by atoms with E-state index in [1.165, 1.54) is 23.1 Å². The van der Waals surface area contributed by atoms with Crippen LogP contribution in [0.15, 0.2) is 48.5 Å². The minimum Gasteiger partial charge on any atom is -0.345 e. The SMILES string of the molecule is Cc1ccc(NC(=O)CNC(=O)CN(C(=O)c2cccc(F)c2)C2CC2)cc1. The number of rotatable bonds is 7. The Hall–Kier alpha value is -3.22. The summed E-state index contributed by atoms with van der Waals surface area (Å²) >= 11 is 0. The van der Waals surface area contributed by atoms with E-state index in [1.54, 1.807) is 12.1 Å². The van der Waals surface area contributed by atoms with Crippen LogP contribution in [0, 0.1) is 12.7 Å². The molecule has 0 spiro atoms. The van der Waals surface area contributed by atoms with Crippen LogP contribution in [-0.4, -0.2) is 41.8 Å². The lowest BCUT2D eigenvalue weighted by Crippen LogP contribution is -2.43. The molecule has 28 heavy (non-hydrogen) atoms. The molecule has 3 rings (SSSR count). The molecular weight excluding hydrogens is 361 g/mol. The number of carbonyl (C=O) groups is 3. The molecule has 1 saturated carbocycles. The van der Waals surface area contributed by atoms with Crippen molar-refractivity contribution < 1.29 is 18.8 Å². The van der Waals surface area contributed by atoms with Crippen LogP contribution in [0.2, 0.25) is 0 Å². The highest BCUT2D eigenvalue weighted by Crippen LogP contribution is 2.28. The zero-order valence-corrected chi connectivity index (χ0v) is 15.6. The fourth-order valence-electron chi connectivity index (χ4n) is 2.77. The molecule has 0 saturated heterocycles. The van der Waals surface area contributed by atoms with E-state index in [2.05, 4.69) is 10.6 Å². The summed E-state index contributed by atoms with van der Waals surface area (Å²) in [6.45, 7) is 1.58. The average Bonchev–Trinajstić information content (AvgIpc) is 3.51. The van der Waals surface area contributed by atoms with Crippen molar-refractivity contribution in [3.63, 3.8) is 0 Å². The minimum atomic E-state index is -0.501. The molecular formula is C21H22FN3O3. The number of amides is 3. The third kappa shape index (κ3) is 5.39.